The first kappa shape index (κ1) is 14.8. The van der Waals surface area contributed by atoms with Gasteiger partial charge in [-0.15, -0.1) is 0 Å². The third-order valence-electron chi connectivity index (χ3n) is 4.17. The molecule has 0 amide bonds. The van der Waals surface area contributed by atoms with Gasteiger partial charge < -0.3 is 5.32 Å². The lowest BCUT2D eigenvalue weighted by molar-refractivity contribution is 0.323. The van der Waals surface area contributed by atoms with E-state index in [2.05, 4.69) is 39.1 Å². The number of hydrogen-bond donors (Lipinski definition) is 1. The summed E-state index contributed by atoms with van der Waals surface area (Å²) in [5.74, 6) is 1.50. The monoisotopic (exact) mass is 237 g/mol. The molecule has 0 heterocycles. The summed E-state index contributed by atoms with van der Waals surface area (Å²) < 4.78 is 0. The number of allylic oxidation sites excluding steroid dienone is 1. The fourth-order valence-electron chi connectivity index (χ4n) is 2.66. The Morgan fingerprint density at radius 3 is 2.59 bits per heavy atom. The van der Waals surface area contributed by atoms with Gasteiger partial charge in [-0.3, -0.25) is 0 Å². The largest absolute Gasteiger partial charge is 0.310 e. The van der Waals surface area contributed by atoms with Crippen LogP contribution in [0.5, 0.6) is 0 Å². The van der Waals surface area contributed by atoms with Crippen LogP contribution in [0.4, 0.5) is 0 Å². The Bertz CT molecular complexity index is 230. The van der Waals surface area contributed by atoms with Crippen molar-refractivity contribution >= 4 is 0 Å². The summed E-state index contributed by atoms with van der Waals surface area (Å²) in [7, 11) is 0. The summed E-state index contributed by atoms with van der Waals surface area (Å²) in [6, 6.07) is 0.619. The van der Waals surface area contributed by atoms with Crippen molar-refractivity contribution in [2.24, 2.45) is 11.8 Å². The van der Waals surface area contributed by atoms with E-state index in [1.54, 1.807) is 5.57 Å². The van der Waals surface area contributed by atoms with Gasteiger partial charge in [-0.1, -0.05) is 45.8 Å². The quantitative estimate of drug-likeness (QED) is 0.669. The van der Waals surface area contributed by atoms with Crippen molar-refractivity contribution in [2.75, 3.05) is 6.54 Å². The second-order valence-corrected chi connectivity index (χ2v) is 5.91. The topological polar surface area (TPSA) is 12.0 Å². The molecular formula is C16H31N. The highest BCUT2D eigenvalue weighted by atomic mass is 14.9. The Labute approximate surface area is 108 Å². The van der Waals surface area contributed by atoms with E-state index in [-0.39, 0.29) is 0 Å². The van der Waals surface area contributed by atoms with Crippen LogP contribution in [0, 0.1) is 11.8 Å². The molecule has 2 unspecified atom stereocenters. The molecule has 1 rings (SSSR count). The molecule has 1 heteroatoms. The second kappa shape index (κ2) is 7.92. The van der Waals surface area contributed by atoms with Crippen molar-refractivity contribution in [2.45, 2.75) is 72.3 Å². The Morgan fingerprint density at radius 1 is 1.18 bits per heavy atom. The second-order valence-electron chi connectivity index (χ2n) is 5.91. The molecule has 0 saturated heterocycles. The molecule has 0 spiro atoms. The molecule has 0 aromatic rings. The summed E-state index contributed by atoms with van der Waals surface area (Å²) in [4.78, 5) is 0. The lowest BCUT2D eigenvalue weighted by atomic mass is 9.84. The summed E-state index contributed by atoms with van der Waals surface area (Å²) in [6.45, 7) is 10.5. The zero-order valence-electron chi connectivity index (χ0n) is 12.3. The third-order valence-corrected chi connectivity index (χ3v) is 4.17. The average molecular weight is 237 g/mol. The predicted octanol–water partition coefficient (Wildman–Crippen LogP) is 4.54. The van der Waals surface area contributed by atoms with E-state index in [4.69, 9.17) is 0 Å². The van der Waals surface area contributed by atoms with Crippen molar-refractivity contribution in [3.8, 4) is 0 Å². The normalized spacial score (nSPS) is 20.9. The summed E-state index contributed by atoms with van der Waals surface area (Å²) in [6.07, 6.45) is 10.6. The van der Waals surface area contributed by atoms with Crippen molar-refractivity contribution in [1.29, 1.82) is 0 Å². The number of hydrogen-bond acceptors (Lipinski definition) is 1. The van der Waals surface area contributed by atoms with E-state index >= 15 is 0 Å². The molecule has 1 N–H and O–H groups in total. The molecule has 0 fully saturated rings. The summed E-state index contributed by atoms with van der Waals surface area (Å²) in [5.41, 5.74) is 1.69. The van der Waals surface area contributed by atoms with Crippen LogP contribution in [0.25, 0.3) is 0 Å². The maximum absolute atomic E-state index is 3.78. The molecule has 0 saturated carbocycles. The number of rotatable bonds is 6. The molecule has 0 aromatic heterocycles. The maximum Gasteiger partial charge on any atom is 0.0307 e. The summed E-state index contributed by atoms with van der Waals surface area (Å²) in [5, 5.41) is 3.78. The molecule has 2 atom stereocenters. The molecule has 1 aliphatic rings. The van der Waals surface area contributed by atoms with Crippen LogP contribution in [0.2, 0.25) is 0 Å². The van der Waals surface area contributed by atoms with Gasteiger partial charge in [0.25, 0.3) is 0 Å². The average Bonchev–Trinajstić information content (AvgIpc) is 2.58. The zero-order valence-corrected chi connectivity index (χ0v) is 12.3. The highest BCUT2D eigenvalue weighted by molar-refractivity contribution is 5.14. The minimum absolute atomic E-state index is 0.619. The lowest BCUT2D eigenvalue weighted by Gasteiger charge is -2.30. The third kappa shape index (κ3) is 4.83. The minimum atomic E-state index is 0.619. The molecule has 17 heavy (non-hydrogen) atoms. The van der Waals surface area contributed by atoms with E-state index < -0.39 is 0 Å². The Hall–Kier alpha value is -0.300. The Morgan fingerprint density at radius 2 is 1.94 bits per heavy atom. The first-order valence-electron chi connectivity index (χ1n) is 7.59. The SMILES string of the molecule is CCCNC(C1=CCCCCC1)C(C)C(C)C. The van der Waals surface area contributed by atoms with Crippen molar-refractivity contribution in [3.05, 3.63) is 11.6 Å². The van der Waals surface area contributed by atoms with E-state index in [9.17, 15) is 0 Å². The lowest BCUT2D eigenvalue weighted by Crippen LogP contribution is -2.39. The smallest absolute Gasteiger partial charge is 0.0307 e. The predicted molar refractivity (Wildman–Crippen MR) is 77.3 cm³/mol. The van der Waals surface area contributed by atoms with E-state index in [0.29, 0.717) is 6.04 Å². The minimum Gasteiger partial charge on any atom is -0.310 e. The van der Waals surface area contributed by atoms with Crippen molar-refractivity contribution < 1.29 is 0 Å². The van der Waals surface area contributed by atoms with Gasteiger partial charge in [0.15, 0.2) is 0 Å². The van der Waals surface area contributed by atoms with Gasteiger partial charge in [0, 0.05) is 6.04 Å². The van der Waals surface area contributed by atoms with Crippen LogP contribution in [0.15, 0.2) is 11.6 Å². The zero-order chi connectivity index (χ0) is 12.7. The first-order chi connectivity index (χ1) is 8.16. The molecule has 100 valence electrons. The number of nitrogens with one attached hydrogen (secondary N) is 1. The van der Waals surface area contributed by atoms with Gasteiger partial charge >= 0.3 is 0 Å². The van der Waals surface area contributed by atoms with Crippen LogP contribution in [0.1, 0.15) is 66.2 Å². The van der Waals surface area contributed by atoms with Gasteiger partial charge in [-0.05, 0) is 50.5 Å². The fraction of sp³-hybridized carbons (Fsp3) is 0.875. The molecule has 1 nitrogen and oxygen atoms in total. The molecular weight excluding hydrogens is 206 g/mol. The van der Waals surface area contributed by atoms with Crippen molar-refractivity contribution in [1.82, 2.24) is 5.32 Å². The Balaban J connectivity index is 2.69. The van der Waals surface area contributed by atoms with Gasteiger partial charge in [0.1, 0.15) is 0 Å². The van der Waals surface area contributed by atoms with Crippen LogP contribution in [-0.2, 0) is 0 Å². The fourth-order valence-corrected chi connectivity index (χ4v) is 2.66. The standard InChI is InChI=1S/C16H31N/c1-5-12-17-16(14(4)13(2)3)15-10-8-6-7-9-11-15/h10,13-14,16-17H,5-9,11-12H2,1-4H3. The van der Waals surface area contributed by atoms with E-state index in [0.717, 1.165) is 18.4 Å². The highest BCUT2D eigenvalue weighted by Crippen LogP contribution is 2.27. The van der Waals surface area contributed by atoms with Gasteiger partial charge in [-0.25, -0.2) is 0 Å². The first-order valence-corrected chi connectivity index (χ1v) is 7.59. The van der Waals surface area contributed by atoms with Crippen molar-refractivity contribution in [3.63, 3.8) is 0 Å². The van der Waals surface area contributed by atoms with E-state index in [1.807, 2.05) is 0 Å². The van der Waals surface area contributed by atoms with Gasteiger partial charge in [0.2, 0.25) is 0 Å². The molecule has 0 aromatic carbocycles. The molecule has 0 aliphatic heterocycles. The van der Waals surface area contributed by atoms with Gasteiger partial charge in [-0.2, -0.15) is 0 Å². The van der Waals surface area contributed by atoms with E-state index in [1.165, 1.54) is 38.5 Å². The van der Waals surface area contributed by atoms with Gasteiger partial charge in [0.05, 0.1) is 0 Å². The molecule has 1 aliphatic carbocycles. The molecule has 0 bridgehead atoms. The highest BCUT2D eigenvalue weighted by Gasteiger charge is 2.23. The Kier molecular flexibility index (Phi) is 6.87. The summed E-state index contributed by atoms with van der Waals surface area (Å²) >= 11 is 0. The molecule has 0 radical (unpaired) electrons. The van der Waals surface area contributed by atoms with Crippen LogP contribution in [-0.4, -0.2) is 12.6 Å². The van der Waals surface area contributed by atoms with Crippen LogP contribution in [0.3, 0.4) is 0 Å². The maximum atomic E-state index is 3.78. The van der Waals surface area contributed by atoms with Crippen LogP contribution < -0.4 is 5.32 Å². The van der Waals surface area contributed by atoms with Crippen LogP contribution >= 0.6 is 0 Å².